The van der Waals surface area contributed by atoms with Gasteiger partial charge in [0.2, 0.25) is 0 Å². The minimum Gasteiger partial charge on any atom is -0.348 e. The van der Waals surface area contributed by atoms with Crippen LogP contribution in [0.5, 0.6) is 0 Å². The molecule has 0 fully saturated rings. The Morgan fingerprint density at radius 2 is 2.30 bits per heavy atom. The molecule has 0 bridgehead atoms. The summed E-state index contributed by atoms with van der Waals surface area (Å²) >= 11 is 1.85. The van der Waals surface area contributed by atoms with Crippen molar-refractivity contribution < 1.29 is 0 Å². The number of hydrogen-bond acceptors (Lipinski definition) is 6. The average Bonchev–Trinajstić information content (AvgIpc) is 2.82. The first-order chi connectivity index (χ1) is 9.60. The van der Waals surface area contributed by atoms with Gasteiger partial charge >= 0.3 is 0 Å². The number of aryl methyl sites for hydroxylation is 1. The zero-order valence-corrected chi connectivity index (χ0v) is 13.4. The summed E-state index contributed by atoms with van der Waals surface area (Å²) in [5.41, 5.74) is 2.25. The first-order valence-corrected chi connectivity index (χ1v) is 7.89. The number of nitriles is 1. The predicted octanol–water partition coefficient (Wildman–Crippen LogP) is 1.24. The van der Waals surface area contributed by atoms with Crippen LogP contribution in [0.2, 0.25) is 0 Å². The fraction of sp³-hybridized carbons (Fsp3) is 0.692. The summed E-state index contributed by atoms with van der Waals surface area (Å²) in [5.74, 6) is 1.91. The van der Waals surface area contributed by atoms with Gasteiger partial charge in [0, 0.05) is 29.8 Å². The second-order valence-corrected chi connectivity index (χ2v) is 5.91. The minimum absolute atomic E-state index is 0.118. The molecule has 3 N–H and O–H groups in total. The number of H-pyrrole nitrogens is 1. The Kier molecular flexibility index (Phi) is 7.44. The number of imidazole rings is 1. The molecule has 1 unspecified atom stereocenters. The van der Waals surface area contributed by atoms with Crippen LogP contribution < -0.4 is 10.6 Å². The lowest BCUT2D eigenvalue weighted by Gasteiger charge is -2.33. The number of thioether (sulfide) groups is 1. The Hall–Kier alpha value is -1.23. The van der Waals surface area contributed by atoms with Crippen LogP contribution >= 0.6 is 11.8 Å². The third kappa shape index (κ3) is 5.04. The van der Waals surface area contributed by atoms with Crippen molar-refractivity contribution in [1.82, 2.24) is 25.5 Å². The van der Waals surface area contributed by atoms with Gasteiger partial charge < -0.3 is 4.98 Å². The molecule has 0 amide bonds. The van der Waals surface area contributed by atoms with E-state index >= 15 is 0 Å². The zero-order valence-electron chi connectivity index (χ0n) is 12.6. The highest BCUT2D eigenvalue weighted by atomic mass is 32.2. The van der Waals surface area contributed by atoms with Gasteiger partial charge in [-0.3, -0.25) is 15.5 Å². The van der Waals surface area contributed by atoms with Crippen LogP contribution in [0, 0.1) is 18.4 Å². The number of nitrogens with zero attached hydrogens (tertiary/aromatic N) is 3. The van der Waals surface area contributed by atoms with Crippen LogP contribution in [0.25, 0.3) is 0 Å². The summed E-state index contributed by atoms with van der Waals surface area (Å²) in [6.07, 6.45) is 3.62. The van der Waals surface area contributed by atoms with E-state index in [1.165, 1.54) is 0 Å². The van der Waals surface area contributed by atoms with Gasteiger partial charge in [-0.15, -0.1) is 0 Å². The molecule has 1 aromatic heterocycles. The van der Waals surface area contributed by atoms with E-state index in [0.29, 0.717) is 6.04 Å². The van der Waals surface area contributed by atoms with Gasteiger partial charge in [-0.05, 0) is 27.8 Å². The largest absolute Gasteiger partial charge is 0.348 e. The Bertz CT molecular complexity index is 425. The maximum Gasteiger partial charge on any atom is 0.178 e. The molecule has 0 aliphatic carbocycles. The lowest BCUT2D eigenvalue weighted by atomic mass is 10.3. The molecule has 1 rings (SSSR count). The molecule has 0 aliphatic heterocycles. The SMILES string of the molecule is CNC(NC#N)N(CCSCc1nc[nH]c1C)C(C)C. The second kappa shape index (κ2) is 8.84. The quantitative estimate of drug-likeness (QED) is 0.275. The van der Waals surface area contributed by atoms with Crippen LogP contribution in [0.3, 0.4) is 0 Å². The summed E-state index contributed by atoms with van der Waals surface area (Å²) < 4.78 is 0. The van der Waals surface area contributed by atoms with Crippen LogP contribution in [0.15, 0.2) is 6.33 Å². The Morgan fingerprint density at radius 3 is 2.80 bits per heavy atom. The van der Waals surface area contributed by atoms with Crippen molar-refractivity contribution >= 4 is 11.8 Å². The highest BCUT2D eigenvalue weighted by Crippen LogP contribution is 2.13. The van der Waals surface area contributed by atoms with Crippen molar-refractivity contribution in [1.29, 1.82) is 5.26 Å². The van der Waals surface area contributed by atoms with E-state index in [1.54, 1.807) is 6.33 Å². The van der Waals surface area contributed by atoms with E-state index in [9.17, 15) is 0 Å². The molecule has 112 valence electrons. The first kappa shape index (κ1) is 16.8. The smallest absolute Gasteiger partial charge is 0.178 e. The molecule has 0 radical (unpaired) electrons. The molecule has 0 aromatic carbocycles. The summed E-state index contributed by atoms with van der Waals surface area (Å²) in [4.78, 5) is 9.61. The van der Waals surface area contributed by atoms with Gasteiger partial charge in [-0.1, -0.05) is 0 Å². The molecule has 1 heterocycles. The maximum absolute atomic E-state index is 8.78. The van der Waals surface area contributed by atoms with Crippen molar-refractivity contribution in [3.63, 3.8) is 0 Å². The predicted molar refractivity (Wildman–Crippen MR) is 82.9 cm³/mol. The minimum atomic E-state index is -0.118. The fourth-order valence-corrected chi connectivity index (χ4v) is 2.91. The maximum atomic E-state index is 8.78. The van der Waals surface area contributed by atoms with Crippen molar-refractivity contribution in [2.24, 2.45) is 0 Å². The van der Waals surface area contributed by atoms with E-state index < -0.39 is 0 Å². The van der Waals surface area contributed by atoms with Gasteiger partial charge in [0.05, 0.1) is 12.0 Å². The van der Waals surface area contributed by atoms with Gasteiger partial charge in [0.15, 0.2) is 6.19 Å². The fourth-order valence-electron chi connectivity index (χ4n) is 1.94. The van der Waals surface area contributed by atoms with E-state index in [1.807, 2.05) is 31.9 Å². The zero-order chi connectivity index (χ0) is 15.0. The molecule has 20 heavy (non-hydrogen) atoms. The van der Waals surface area contributed by atoms with Crippen molar-refractivity contribution in [3.05, 3.63) is 17.7 Å². The number of aromatic amines is 1. The van der Waals surface area contributed by atoms with E-state index in [4.69, 9.17) is 5.26 Å². The number of nitrogens with one attached hydrogen (secondary N) is 3. The Morgan fingerprint density at radius 1 is 1.55 bits per heavy atom. The van der Waals surface area contributed by atoms with Gasteiger partial charge in [0.25, 0.3) is 0 Å². The topological polar surface area (TPSA) is 79.8 Å². The third-order valence-electron chi connectivity index (χ3n) is 3.14. The molecule has 0 aliphatic rings. The Balaban J connectivity index is 2.39. The molecule has 0 saturated heterocycles. The number of aromatic nitrogens is 2. The lowest BCUT2D eigenvalue weighted by Crippen LogP contribution is -2.55. The Labute approximate surface area is 125 Å². The van der Waals surface area contributed by atoms with E-state index in [2.05, 4.69) is 39.3 Å². The molecule has 0 saturated carbocycles. The van der Waals surface area contributed by atoms with Crippen molar-refractivity contribution in [2.45, 2.75) is 38.9 Å². The highest BCUT2D eigenvalue weighted by molar-refractivity contribution is 7.98. The van der Waals surface area contributed by atoms with Crippen LogP contribution in [0.1, 0.15) is 25.2 Å². The number of hydrogen-bond donors (Lipinski definition) is 3. The number of rotatable bonds is 9. The lowest BCUT2D eigenvalue weighted by molar-refractivity contribution is 0.128. The van der Waals surface area contributed by atoms with E-state index in [0.717, 1.165) is 29.4 Å². The van der Waals surface area contributed by atoms with Gasteiger partial charge in [0.1, 0.15) is 6.29 Å². The summed E-state index contributed by atoms with van der Waals surface area (Å²) in [7, 11) is 1.85. The van der Waals surface area contributed by atoms with Gasteiger partial charge in [-0.2, -0.15) is 17.0 Å². The monoisotopic (exact) mass is 296 g/mol. The highest BCUT2D eigenvalue weighted by Gasteiger charge is 2.18. The second-order valence-electron chi connectivity index (χ2n) is 4.81. The summed E-state index contributed by atoms with van der Waals surface area (Å²) in [5, 5.41) is 14.7. The summed E-state index contributed by atoms with van der Waals surface area (Å²) in [6, 6.07) is 0.362. The molecule has 1 aromatic rings. The van der Waals surface area contributed by atoms with E-state index in [-0.39, 0.29) is 6.29 Å². The van der Waals surface area contributed by atoms with Crippen LogP contribution in [0.4, 0.5) is 0 Å². The summed E-state index contributed by atoms with van der Waals surface area (Å²) in [6.45, 7) is 7.21. The van der Waals surface area contributed by atoms with Crippen LogP contribution in [-0.4, -0.2) is 46.5 Å². The van der Waals surface area contributed by atoms with Crippen molar-refractivity contribution in [3.8, 4) is 6.19 Å². The molecule has 0 spiro atoms. The van der Waals surface area contributed by atoms with Crippen molar-refractivity contribution in [2.75, 3.05) is 19.3 Å². The van der Waals surface area contributed by atoms with Crippen LogP contribution in [-0.2, 0) is 5.75 Å². The standard InChI is InChI=1S/C13H24N6S/c1-10(2)19(13(15-4)16-8-14)5-6-20-7-12-11(3)17-9-18-12/h9-10,13,15-16H,5-7H2,1-4H3,(H,17,18). The normalized spacial score (nSPS) is 12.7. The molecule has 7 heteroatoms. The molecular formula is C13H24N6S. The third-order valence-corrected chi connectivity index (χ3v) is 4.09. The average molecular weight is 296 g/mol. The first-order valence-electron chi connectivity index (χ1n) is 6.74. The molecule has 1 atom stereocenters. The van der Waals surface area contributed by atoms with Gasteiger partial charge in [-0.25, -0.2) is 4.98 Å². The molecule has 6 nitrogen and oxygen atoms in total. The molecular weight excluding hydrogens is 272 g/mol.